The van der Waals surface area contributed by atoms with Crippen LogP contribution in [0.5, 0.6) is 0 Å². The van der Waals surface area contributed by atoms with Gasteiger partial charge in [-0.1, -0.05) is 24.3 Å². The largest absolute Gasteiger partial charge is 0.392 e. The Morgan fingerprint density at radius 1 is 1.18 bits per heavy atom. The highest BCUT2D eigenvalue weighted by Crippen LogP contribution is 2.04. The first-order chi connectivity index (χ1) is 5.36. The van der Waals surface area contributed by atoms with Crippen LogP contribution in [0.2, 0.25) is 0 Å². The van der Waals surface area contributed by atoms with Crippen molar-refractivity contribution in [1.29, 1.82) is 0 Å². The van der Waals surface area contributed by atoms with Crippen molar-refractivity contribution in [2.45, 2.75) is 13.2 Å². The Kier molecular flexibility index (Phi) is 3.04. The molecule has 60 valence electrons. The van der Waals surface area contributed by atoms with Crippen molar-refractivity contribution < 1.29 is 9.94 Å². The SMILES string of the molecule is NOCc1ccc(CO)cc1. The molecule has 0 atom stereocenters. The van der Waals surface area contributed by atoms with Gasteiger partial charge < -0.3 is 5.11 Å². The lowest BCUT2D eigenvalue weighted by Crippen LogP contribution is -1.98. The first kappa shape index (κ1) is 8.20. The van der Waals surface area contributed by atoms with E-state index in [1.165, 1.54) is 0 Å². The minimum absolute atomic E-state index is 0.0732. The van der Waals surface area contributed by atoms with Crippen LogP contribution >= 0.6 is 0 Å². The Morgan fingerprint density at radius 3 is 2.18 bits per heavy atom. The molecule has 0 saturated carbocycles. The quantitative estimate of drug-likeness (QED) is 0.624. The molecule has 0 aliphatic heterocycles. The van der Waals surface area contributed by atoms with Gasteiger partial charge in [-0.05, 0) is 11.1 Å². The first-order valence-electron chi connectivity index (χ1n) is 3.37. The zero-order valence-corrected chi connectivity index (χ0v) is 6.16. The molecule has 0 aliphatic rings. The van der Waals surface area contributed by atoms with E-state index in [0.717, 1.165) is 11.1 Å². The summed E-state index contributed by atoms with van der Waals surface area (Å²) in [6.45, 7) is 0.482. The molecular weight excluding hydrogens is 142 g/mol. The standard InChI is InChI=1S/C8H11NO2/c9-11-6-8-3-1-7(5-10)2-4-8/h1-4,10H,5-6,9H2. The molecule has 0 spiro atoms. The zero-order valence-electron chi connectivity index (χ0n) is 6.16. The third-order valence-electron chi connectivity index (χ3n) is 1.46. The van der Waals surface area contributed by atoms with Crippen molar-refractivity contribution in [2.24, 2.45) is 5.90 Å². The molecule has 11 heavy (non-hydrogen) atoms. The van der Waals surface area contributed by atoms with Crippen LogP contribution in [0.1, 0.15) is 11.1 Å². The normalized spacial score (nSPS) is 10.0. The molecule has 0 aliphatic carbocycles. The van der Waals surface area contributed by atoms with E-state index in [9.17, 15) is 0 Å². The molecule has 0 amide bonds. The number of hydrogen-bond acceptors (Lipinski definition) is 3. The monoisotopic (exact) mass is 153 g/mol. The number of rotatable bonds is 3. The van der Waals surface area contributed by atoms with Gasteiger partial charge >= 0.3 is 0 Å². The Morgan fingerprint density at radius 2 is 1.73 bits per heavy atom. The van der Waals surface area contributed by atoms with Crippen LogP contribution in [-0.4, -0.2) is 5.11 Å². The van der Waals surface area contributed by atoms with Crippen LogP contribution in [0, 0.1) is 0 Å². The lowest BCUT2D eigenvalue weighted by molar-refractivity contribution is 0.124. The second-order valence-corrected chi connectivity index (χ2v) is 2.29. The maximum atomic E-state index is 8.70. The predicted octanol–water partition coefficient (Wildman–Crippen LogP) is 0.569. The molecule has 0 saturated heterocycles. The minimum Gasteiger partial charge on any atom is -0.392 e. The van der Waals surface area contributed by atoms with Gasteiger partial charge in [-0.15, -0.1) is 0 Å². The van der Waals surface area contributed by atoms with Gasteiger partial charge in [0.15, 0.2) is 0 Å². The van der Waals surface area contributed by atoms with Gasteiger partial charge in [0, 0.05) is 0 Å². The van der Waals surface area contributed by atoms with Gasteiger partial charge in [0.05, 0.1) is 13.2 Å². The van der Waals surface area contributed by atoms with Crippen LogP contribution in [0.3, 0.4) is 0 Å². The molecule has 0 unspecified atom stereocenters. The molecule has 0 radical (unpaired) electrons. The Hall–Kier alpha value is -0.900. The molecule has 0 aromatic heterocycles. The molecule has 1 aromatic carbocycles. The van der Waals surface area contributed by atoms with Gasteiger partial charge in [-0.2, -0.15) is 0 Å². The van der Waals surface area contributed by atoms with E-state index in [4.69, 9.17) is 11.0 Å². The highest BCUT2D eigenvalue weighted by Gasteiger charge is 1.91. The van der Waals surface area contributed by atoms with Crippen LogP contribution in [0.4, 0.5) is 0 Å². The molecule has 3 heteroatoms. The summed E-state index contributed by atoms with van der Waals surface area (Å²) in [4.78, 5) is 4.44. The summed E-state index contributed by atoms with van der Waals surface area (Å²) < 4.78 is 0. The molecule has 0 heterocycles. The van der Waals surface area contributed by atoms with Crippen molar-refractivity contribution in [3.05, 3.63) is 35.4 Å². The van der Waals surface area contributed by atoms with Crippen molar-refractivity contribution in [1.82, 2.24) is 0 Å². The van der Waals surface area contributed by atoms with Crippen LogP contribution in [0.15, 0.2) is 24.3 Å². The molecule has 1 aromatic rings. The Labute approximate surface area is 65.4 Å². The van der Waals surface area contributed by atoms with Crippen LogP contribution < -0.4 is 5.90 Å². The lowest BCUT2D eigenvalue weighted by atomic mass is 10.1. The topological polar surface area (TPSA) is 55.5 Å². The number of aliphatic hydroxyl groups excluding tert-OH is 1. The van der Waals surface area contributed by atoms with Gasteiger partial charge in [0.25, 0.3) is 0 Å². The molecule has 3 N–H and O–H groups in total. The number of nitrogens with two attached hydrogens (primary N) is 1. The maximum Gasteiger partial charge on any atom is 0.0930 e. The van der Waals surface area contributed by atoms with Crippen molar-refractivity contribution >= 4 is 0 Å². The first-order valence-corrected chi connectivity index (χ1v) is 3.37. The fourth-order valence-electron chi connectivity index (χ4n) is 0.837. The van der Waals surface area contributed by atoms with E-state index in [1.807, 2.05) is 24.3 Å². The average Bonchev–Trinajstić information content (AvgIpc) is 2.07. The number of hydrogen-bond donors (Lipinski definition) is 2. The molecule has 0 bridgehead atoms. The van der Waals surface area contributed by atoms with Gasteiger partial charge in [-0.25, -0.2) is 5.90 Å². The summed E-state index contributed by atoms with van der Waals surface area (Å²) in [5.41, 5.74) is 1.90. The van der Waals surface area contributed by atoms with Crippen LogP contribution in [0.25, 0.3) is 0 Å². The van der Waals surface area contributed by atoms with Crippen molar-refractivity contribution in [3.63, 3.8) is 0 Å². The average molecular weight is 153 g/mol. The molecule has 3 nitrogen and oxygen atoms in total. The third kappa shape index (κ3) is 2.31. The van der Waals surface area contributed by atoms with Gasteiger partial charge in [-0.3, -0.25) is 4.84 Å². The highest BCUT2D eigenvalue weighted by molar-refractivity contribution is 5.21. The van der Waals surface area contributed by atoms with Crippen molar-refractivity contribution in [3.8, 4) is 0 Å². The smallest absolute Gasteiger partial charge is 0.0930 e. The summed E-state index contributed by atoms with van der Waals surface area (Å²) in [7, 11) is 0. The predicted molar refractivity (Wildman–Crippen MR) is 41.3 cm³/mol. The fraction of sp³-hybridized carbons (Fsp3) is 0.250. The van der Waals surface area contributed by atoms with E-state index in [1.54, 1.807) is 0 Å². The summed E-state index contributed by atoms with van der Waals surface area (Å²) in [6.07, 6.45) is 0. The second kappa shape index (κ2) is 4.08. The summed E-state index contributed by atoms with van der Waals surface area (Å²) in [5, 5.41) is 8.70. The highest BCUT2D eigenvalue weighted by atomic mass is 16.6. The lowest BCUT2D eigenvalue weighted by Gasteiger charge is -1.99. The number of aliphatic hydroxyl groups is 1. The second-order valence-electron chi connectivity index (χ2n) is 2.29. The van der Waals surface area contributed by atoms with Crippen molar-refractivity contribution in [2.75, 3.05) is 0 Å². The van der Waals surface area contributed by atoms with Gasteiger partial charge in [0.2, 0.25) is 0 Å². The number of benzene rings is 1. The van der Waals surface area contributed by atoms with Gasteiger partial charge in [0.1, 0.15) is 0 Å². The molecule has 0 fully saturated rings. The van der Waals surface area contributed by atoms with Crippen LogP contribution in [-0.2, 0) is 18.1 Å². The van der Waals surface area contributed by atoms with E-state index in [0.29, 0.717) is 6.61 Å². The zero-order chi connectivity index (χ0) is 8.10. The maximum absolute atomic E-state index is 8.70. The van der Waals surface area contributed by atoms with E-state index in [2.05, 4.69) is 4.84 Å². The minimum atomic E-state index is 0.0732. The molecular formula is C8H11NO2. The molecule has 1 rings (SSSR count). The van der Waals surface area contributed by atoms with E-state index < -0.39 is 0 Å². The Bertz CT molecular complexity index is 208. The third-order valence-corrected chi connectivity index (χ3v) is 1.46. The summed E-state index contributed by atoms with van der Waals surface area (Å²) in [6, 6.07) is 7.43. The fourth-order valence-corrected chi connectivity index (χ4v) is 0.837. The van der Waals surface area contributed by atoms with E-state index in [-0.39, 0.29) is 6.61 Å². The summed E-state index contributed by atoms with van der Waals surface area (Å²) in [5.74, 6) is 4.88. The summed E-state index contributed by atoms with van der Waals surface area (Å²) >= 11 is 0. The Balaban J connectivity index is 2.66. The van der Waals surface area contributed by atoms with E-state index >= 15 is 0 Å².